The molecule has 26 heavy (non-hydrogen) atoms. The number of hydrogen-bond acceptors (Lipinski definition) is 4. The summed E-state index contributed by atoms with van der Waals surface area (Å²) in [6.07, 6.45) is -0.420. The van der Waals surface area contributed by atoms with Crippen molar-refractivity contribution in [1.82, 2.24) is 0 Å². The van der Waals surface area contributed by atoms with Crippen LogP contribution in [0.3, 0.4) is 0 Å². The molecule has 0 spiro atoms. The van der Waals surface area contributed by atoms with Crippen molar-refractivity contribution < 1.29 is 23.5 Å². The van der Waals surface area contributed by atoms with E-state index in [1.807, 2.05) is 13.0 Å². The maximum Gasteiger partial charge on any atom is 0.306 e. The summed E-state index contributed by atoms with van der Waals surface area (Å²) in [4.78, 5) is 24.2. The summed E-state index contributed by atoms with van der Waals surface area (Å²) in [6, 6.07) is 11.3. The normalized spacial score (nSPS) is 11.5. The van der Waals surface area contributed by atoms with Crippen LogP contribution < -0.4 is 10.1 Å². The number of rotatable bonds is 7. The van der Waals surface area contributed by atoms with Gasteiger partial charge in [-0.05, 0) is 55.7 Å². The number of benzene rings is 2. The molecule has 2 aromatic rings. The summed E-state index contributed by atoms with van der Waals surface area (Å²) in [7, 11) is 1.51. The van der Waals surface area contributed by atoms with Crippen molar-refractivity contribution in [3.63, 3.8) is 0 Å². The van der Waals surface area contributed by atoms with Gasteiger partial charge in [-0.3, -0.25) is 9.59 Å². The first kappa shape index (κ1) is 19.4. The fourth-order valence-corrected chi connectivity index (χ4v) is 2.36. The van der Waals surface area contributed by atoms with Crippen LogP contribution in [0.15, 0.2) is 42.5 Å². The maximum atomic E-state index is 12.9. The van der Waals surface area contributed by atoms with Crippen LogP contribution in [-0.2, 0) is 20.7 Å². The molecule has 0 heterocycles. The van der Waals surface area contributed by atoms with Crippen LogP contribution >= 0.6 is 0 Å². The van der Waals surface area contributed by atoms with E-state index in [0.717, 1.165) is 11.1 Å². The van der Waals surface area contributed by atoms with Crippen molar-refractivity contribution in [2.24, 2.45) is 0 Å². The minimum Gasteiger partial charge on any atom is -0.495 e. The minimum atomic E-state index is -0.944. The van der Waals surface area contributed by atoms with Crippen molar-refractivity contribution in [2.75, 3.05) is 12.4 Å². The van der Waals surface area contributed by atoms with Crippen molar-refractivity contribution in [1.29, 1.82) is 0 Å². The number of ether oxygens (including phenoxy) is 2. The molecule has 2 rings (SSSR count). The van der Waals surface area contributed by atoms with E-state index < -0.39 is 18.0 Å². The Kier molecular flexibility index (Phi) is 6.72. The summed E-state index contributed by atoms with van der Waals surface area (Å²) in [6.45, 7) is 3.40. The van der Waals surface area contributed by atoms with E-state index in [0.29, 0.717) is 17.9 Å². The molecule has 1 amide bonds. The van der Waals surface area contributed by atoms with Crippen LogP contribution in [0.5, 0.6) is 5.75 Å². The predicted molar refractivity (Wildman–Crippen MR) is 96.6 cm³/mol. The van der Waals surface area contributed by atoms with Crippen molar-refractivity contribution in [2.45, 2.75) is 32.8 Å². The van der Waals surface area contributed by atoms with Gasteiger partial charge in [0.25, 0.3) is 5.91 Å². The number of halogens is 1. The lowest BCUT2D eigenvalue weighted by molar-refractivity contribution is -0.153. The fraction of sp³-hybridized carbons (Fsp3) is 0.300. The molecular weight excluding hydrogens is 337 g/mol. The fourth-order valence-electron chi connectivity index (χ4n) is 2.36. The van der Waals surface area contributed by atoms with Gasteiger partial charge < -0.3 is 14.8 Å². The van der Waals surface area contributed by atoms with Crippen molar-refractivity contribution in [3.8, 4) is 5.75 Å². The first-order valence-corrected chi connectivity index (χ1v) is 8.28. The topological polar surface area (TPSA) is 64.6 Å². The number of hydrogen-bond donors (Lipinski definition) is 1. The number of anilines is 1. The summed E-state index contributed by atoms with van der Waals surface area (Å²) in [5, 5.41) is 2.70. The molecule has 0 aliphatic heterocycles. The van der Waals surface area contributed by atoms with Gasteiger partial charge in [-0.15, -0.1) is 0 Å². The monoisotopic (exact) mass is 359 g/mol. The highest BCUT2D eigenvalue weighted by Crippen LogP contribution is 2.25. The predicted octanol–water partition coefficient (Wildman–Crippen LogP) is 3.65. The van der Waals surface area contributed by atoms with Gasteiger partial charge in [0.15, 0.2) is 6.10 Å². The number of carbonyl (C=O) groups excluding carboxylic acids is 2. The number of methoxy groups -OCH3 is 1. The molecule has 0 aliphatic rings. The van der Waals surface area contributed by atoms with E-state index in [1.54, 1.807) is 24.3 Å². The molecule has 2 aromatic carbocycles. The molecule has 0 aromatic heterocycles. The van der Waals surface area contributed by atoms with Crippen LogP contribution in [0.2, 0.25) is 0 Å². The van der Waals surface area contributed by atoms with Crippen LogP contribution in [-0.4, -0.2) is 25.1 Å². The lowest BCUT2D eigenvalue weighted by Gasteiger charge is -2.15. The molecule has 138 valence electrons. The summed E-state index contributed by atoms with van der Waals surface area (Å²) in [5.41, 5.74) is 2.31. The van der Waals surface area contributed by atoms with E-state index in [-0.39, 0.29) is 12.2 Å². The zero-order valence-electron chi connectivity index (χ0n) is 15.0. The third kappa shape index (κ3) is 5.58. The number of amides is 1. The van der Waals surface area contributed by atoms with E-state index >= 15 is 0 Å². The SMILES string of the molecule is COc1ccc(C)cc1NC(=O)[C@H](C)OC(=O)CCc1ccc(F)cc1. The summed E-state index contributed by atoms with van der Waals surface area (Å²) >= 11 is 0. The lowest BCUT2D eigenvalue weighted by Crippen LogP contribution is -2.30. The zero-order valence-corrected chi connectivity index (χ0v) is 15.0. The second-order valence-electron chi connectivity index (χ2n) is 5.95. The van der Waals surface area contributed by atoms with Gasteiger partial charge in [-0.2, -0.15) is 0 Å². The highest BCUT2D eigenvalue weighted by molar-refractivity contribution is 5.96. The van der Waals surface area contributed by atoms with Gasteiger partial charge in [0.05, 0.1) is 12.8 Å². The standard InChI is InChI=1S/C20H22FNO4/c1-13-4-10-18(25-3)17(12-13)22-20(24)14(2)26-19(23)11-7-15-5-8-16(21)9-6-15/h4-6,8-10,12,14H,7,11H2,1-3H3,(H,22,24)/t14-/m0/s1. The Balaban J connectivity index is 1.87. The average molecular weight is 359 g/mol. The van der Waals surface area contributed by atoms with E-state index in [1.165, 1.54) is 26.2 Å². The van der Waals surface area contributed by atoms with Crippen molar-refractivity contribution in [3.05, 3.63) is 59.4 Å². The Morgan fingerprint density at radius 1 is 1.15 bits per heavy atom. The minimum absolute atomic E-state index is 0.108. The highest BCUT2D eigenvalue weighted by atomic mass is 19.1. The third-order valence-corrected chi connectivity index (χ3v) is 3.82. The molecule has 0 radical (unpaired) electrons. The molecule has 0 aliphatic carbocycles. The highest BCUT2D eigenvalue weighted by Gasteiger charge is 2.19. The second kappa shape index (κ2) is 8.99. The number of aryl methyl sites for hydroxylation is 2. The van der Waals surface area contributed by atoms with Gasteiger partial charge in [-0.1, -0.05) is 18.2 Å². The lowest BCUT2D eigenvalue weighted by atomic mass is 10.1. The Hall–Kier alpha value is -2.89. The van der Waals surface area contributed by atoms with Gasteiger partial charge in [-0.25, -0.2) is 4.39 Å². The molecule has 0 bridgehead atoms. The van der Waals surface area contributed by atoms with Crippen LogP contribution in [0.1, 0.15) is 24.5 Å². The molecule has 0 saturated carbocycles. The number of nitrogens with one attached hydrogen (secondary N) is 1. The smallest absolute Gasteiger partial charge is 0.306 e. The molecular formula is C20H22FNO4. The van der Waals surface area contributed by atoms with Crippen molar-refractivity contribution >= 4 is 17.6 Å². The Morgan fingerprint density at radius 3 is 2.50 bits per heavy atom. The Morgan fingerprint density at radius 2 is 1.85 bits per heavy atom. The molecule has 5 nitrogen and oxygen atoms in total. The Bertz CT molecular complexity index is 774. The summed E-state index contributed by atoms with van der Waals surface area (Å²) in [5.74, 6) is -0.732. The molecule has 6 heteroatoms. The molecule has 0 fully saturated rings. The van der Waals surface area contributed by atoms with Crippen LogP contribution in [0.4, 0.5) is 10.1 Å². The first-order valence-electron chi connectivity index (χ1n) is 8.28. The molecule has 1 atom stereocenters. The van der Waals surface area contributed by atoms with E-state index in [4.69, 9.17) is 9.47 Å². The number of carbonyl (C=O) groups is 2. The average Bonchev–Trinajstić information content (AvgIpc) is 2.61. The second-order valence-corrected chi connectivity index (χ2v) is 5.95. The van der Waals surface area contributed by atoms with E-state index in [9.17, 15) is 14.0 Å². The van der Waals surface area contributed by atoms with Gasteiger partial charge in [0.1, 0.15) is 11.6 Å². The third-order valence-electron chi connectivity index (χ3n) is 3.82. The zero-order chi connectivity index (χ0) is 19.1. The van der Waals surface area contributed by atoms with E-state index in [2.05, 4.69) is 5.32 Å². The number of esters is 1. The maximum absolute atomic E-state index is 12.9. The largest absolute Gasteiger partial charge is 0.495 e. The summed E-state index contributed by atoms with van der Waals surface area (Å²) < 4.78 is 23.2. The quantitative estimate of drug-likeness (QED) is 0.767. The molecule has 0 saturated heterocycles. The van der Waals surface area contributed by atoms with Crippen LogP contribution in [0, 0.1) is 12.7 Å². The van der Waals surface area contributed by atoms with Crippen LogP contribution in [0.25, 0.3) is 0 Å². The van der Waals surface area contributed by atoms with Gasteiger partial charge >= 0.3 is 5.97 Å². The van der Waals surface area contributed by atoms with Gasteiger partial charge in [0.2, 0.25) is 0 Å². The first-order chi connectivity index (χ1) is 12.4. The molecule has 1 N–H and O–H groups in total. The Labute approximate surface area is 152 Å². The van der Waals surface area contributed by atoms with Gasteiger partial charge in [0, 0.05) is 6.42 Å². The molecule has 0 unspecified atom stereocenters.